The molecule has 2 aromatic rings. The summed E-state index contributed by atoms with van der Waals surface area (Å²) in [5.41, 5.74) is 2.59. The van der Waals surface area contributed by atoms with Gasteiger partial charge in [0.2, 0.25) is 5.91 Å². The Morgan fingerprint density at radius 2 is 1.84 bits per heavy atom. The Balaban J connectivity index is 1.50. The third-order valence-electron chi connectivity index (χ3n) is 4.70. The maximum Gasteiger partial charge on any atom is 0.254 e. The van der Waals surface area contributed by atoms with E-state index in [1.54, 1.807) is 6.20 Å². The normalized spacial score (nSPS) is 15.0. The lowest BCUT2D eigenvalue weighted by Gasteiger charge is -2.31. The van der Waals surface area contributed by atoms with E-state index in [9.17, 15) is 9.59 Å². The fraction of sp³-hybridized carbons (Fsp3) is 0.350. The lowest BCUT2D eigenvalue weighted by Crippen LogP contribution is -2.43. The first kappa shape index (κ1) is 17.1. The molecular weight excluding hydrogens is 314 g/mol. The minimum Gasteiger partial charge on any atom is -0.350 e. The molecule has 0 aliphatic carbocycles. The Labute approximate surface area is 148 Å². The van der Waals surface area contributed by atoms with E-state index in [0.29, 0.717) is 32.5 Å². The van der Waals surface area contributed by atoms with Crippen molar-refractivity contribution in [3.63, 3.8) is 0 Å². The van der Waals surface area contributed by atoms with Crippen LogP contribution >= 0.6 is 0 Å². The number of aromatic nitrogens is 1. The number of rotatable bonds is 4. The zero-order valence-electron chi connectivity index (χ0n) is 14.4. The Morgan fingerprint density at radius 3 is 2.52 bits per heavy atom. The molecule has 2 heterocycles. The first-order chi connectivity index (χ1) is 12.1. The van der Waals surface area contributed by atoms with E-state index in [1.165, 1.54) is 0 Å². The number of hydrogen-bond acceptors (Lipinski definition) is 3. The first-order valence-corrected chi connectivity index (χ1v) is 8.67. The van der Waals surface area contributed by atoms with Crippen molar-refractivity contribution in [3.05, 3.63) is 65.5 Å². The Hall–Kier alpha value is -2.69. The number of nitrogens with zero attached hydrogens (tertiary/aromatic N) is 2. The van der Waals surface area contributed by atoms with Crippen molar-refractivity contribution in [1.29, 1.82) is 0 Å². The van der Waals surface area contributed by atoms with Gasteiger partial charge in [0.1, 0.15) is 0 Å². The van der Waals surface area contributed by atoms with Gasteiger partial charge in [0.25, 0.3) is 5.91 Å². The molecule has 5 nitrogen and oxygen atoms in total. The molecule has 2 amide bonds. The SMILES string of the molecule is Cc1ccccc1C(=O)N1CCC(C(=O)NCc2ccccn2)CC1. The van der Waals surface area contributed by atoms with Crippen LogP contribution in [0.3, 0.4) is 0 Å². The summed E-state index contributed by atoms with van der Waals surface area (Å²) in [5.74, 6) is 0.0729. The minimum absolute atomic E-state index is 0.0374. The van der Waals surface area contributed by atoms with Crippen molar-refractivity contribution in [2.24, 2.45) is 5.92 Å². The van der Waals surface area contributed by atoms with Crippen molar-refractivity contribution >= 4 is 11.8 Å². The van der Waals surface area contributed by atoms with Crippen LogP contribution < -0.4 is 5.32 Å². The molecule has 1 aromatic carbocycles. The number of carbonyl (C=O) groups excluding carboxylic acids is 2. The molecule has 1 fully saturated rings. The molecule has 0 spiro atoms. The summed E-state index contributed by atoms with van der Waals surface area (Å²) < 4.78 is 0. The van der Waals surface area contributed by atoms with Gasteiger partial charge in [0.05, 0.1) is 12.2 Å². The largest absolute Gasteiger partial charge is 0.350 e. The smallest absolute Gasteiger partial charge is 0.254 e. The Morgan fingerprint density at radius 1 is 1.12 bits per heavy atom. The molecule has 3 rings (SSSR count). The number of carbonyl (C=O) groups is 2. The molecule has 25 heavy (non-hydrogen) atoms. The number of hydrogen-bond donors (Lipinski definition) is 1. The second kappa shape index (κ2) is 7.92. The molecule has 5 heteroatoms. The van der Waals surface area contributed by atoms with E-state index < -0.39 is 0 Å². The minimum atomic E-state index is -0.0374. The highest BCUT2D eigenvalue weighted by molar-refractivity contribution is 5.95. The van der Waals surface area contributed by atoms with E-state index in [1.807, 2.05) is 54.3 Å². The van der Waals surface area contributed by atoms with Gasteiger partial charge < -0.3 is 10.2 Å². The highest BCUT2D eigenvalue weighted by Gasteiger charge is 2.28. The van der Waals surface area contributed by atoms with Crippen LogP contribution in [0.25, 0.3) is 0 Å². The number of piperidine rings is 1. The predicted octanol–water partition coefficient (Wildman–Crippen LogP) is 2.56. The van der Waals surface area contributed by atoms with E-state index in [2.05, 4.69) is 10.3 Å². The first-order valence-electron chi connectivity index (χ1n) is 8.67. The van der Waals surface area contributed by atoms with Gasteiger partial charge in [-0.2, -0.15) is 0 Å². The van der Waals surface area contributed by atoms with Gasteiger partial charge >= 0.3 is 0 Å². The fourth-order valence-electron chi connectivity index (χ4n) is 3.15. The lowest BCUT2D eigenvalue weighted by molar-refractivity contribution is -0.126. The van der Waals surface area contributed by atoms with E-state index >= 15 is 0 Å². The number of aryl methyl sites for hydroxylation is 1. The Kier molecular flexibility index (Phi) is 5.43. The Bertz CT molecular complexity index is 738. The molecule has 1 aliphatic rings. The van der Waals surface area contributed by atoms with Crippen LogP contribution in [-0.4, -0.2) is 34.8 Å². The third-order valence-corrected chi connectivity index (χ3v) is 4.70. The van der Waals surface area contributed by atoms with Crippen LogP contribution in [0, 0.1) is 12.8 Å². The van der Waals surface area contributed by atoms with E-state index in [0.717, 1.165) is 16.8 Å². The van der Waals surface area contributed by atoms with Gasteiger partial charge in [-0.05, 0) is 43.5 Å². The zero-order chi connectivity index (χ0) is 17.6. The van der Waals surface area contributed by atoms with Gasteiger partial charge in [0.15, 0.2) is 0 Å². The molecule has 1 saturated heterocycles. The predicted molar refractivity (Wildman–Crippen MR) is 95.9 cm³/mol. The molecule has 0 atom stereocenters. The second-order valence-electron chi connectivity index (χ2n) is 6.42. The van der Waals surface area contributed by atoms with Crippen molar-refractivity contribution in [1.82, 2.24) is 15.2 Å². The second-order valence-corrected chi connectivity index (χ2v) is 6.42. The molecule has 130 valence electrons. The molecule has 0 radical (unpaired) electrons. The van der Waals surface area contributed by atoms with Crippen molar-refractivity contribution < 1.29 is 9.59 Å². The number of benzene rings is 1. The summed E-state index contributed by atoms with van der Waals surface area (Å²) in [6, 6.07) is 13.3. The van der Waals surface area contributed by atoms with Crippen LogP contribution in [0.4, 0.5) is 0 Å². The molecule has 0 unspecified atom stereocenters. The number of pyridine rings is 1. The van der Waals surface area contributed by atoms with Gasteiger partial charge in [-0.1, -0.05) is 24.3 Å². The summed E-state index contributed by atoms with van der Waals surface area (Å²) in [7, 11) is 0. The topological polar surface area (TPSA) is 62.3 Å². The number of likely N-dealkylation sites (tertiary alicyclic amines) is 1. The molecular formula is C20H23N3O2. The van der Waals surface area contributed by atoms with Crippen molar-refractivity contribution in [3.8, 4) is 0 Å². The maximum atomic E-state index is 12.6. The molecule has 1 aliphatic heterocycles. The highest BCUT2D eigenvalue weighted by atomic mass is 16.2. The summed E-state index contributed by atoms with van der Waals surface area (Å²) in [6.45, 7) is 3.64. The van der Waals surface area contributed by atoms with Gasteiger partial charge in [0, 0.05) is 30.8 Å². The average Bonchev–Trinajstić information content (AvgIpc) is 2.67. The summed E-state index contributed by atoms with van der Waals surface area (Å²) in [5, 5.41) is 2.95. The van der Waals surface area contributed by atoms with Gasteiger partial charge in [-0.25, -0.2) is 0 Å². The number of nitrogens with one attached hydrogen (secondary N) is 1. The summed E-state index contributed by atoms with van der Waals surface area (Å²) >= 11 is 0. The highest BCUT2D eigenvalue weighted by Crippen LogP contribution is 2.20. The average molecular weight is 337 g/mol. The quantitative estimate of drug-likeness (QED) is 0.933. The molecule has 1 N–H and O–H groups in total. The lowest BCUT2D eigenvalue weighted by atomic mass is 9.95. The van der Waals surface area contributed by atoms with Crippen LogP contribution in [0.1, 0.15) is 34.5 Å². The summed E-state index contributed by atoms with van der Waals surface area (Å²) in [4.78, 5) is 31.0. The zero-order valence-corrected chi connectivity index (χ0v) is 14.4. The standard InChI is InChI=1S/C20H23N3O2/c1-15-6-2-3-8-18(15)20(25)23-12-9-16(10-13-23)19(24)22-14-17-7-4-5-11-21-17/h2-8,11,16H,9-10,12-14H2,1H3,(H,22,24). The van der Waals surface area contributed by atoms with Crippen LogP contribution in [0.2, 0.25) is 0 Å². The maximum absolute atomic E-state index is 12.6. The van der Waals surface area contributed by atoms with E-state index in [4.69, 9.17) is 0 Å². The third kappa shape index (κ3) is 4.24. The van der Waals surface area contributed by atoms with E-state index in [-0.39, 0.29) is 17.7 Å². The van der Waals surface area contributed by atoms with Crippen LogP contribution in [-0.2, 0) is 11.3 Å². The summed E-state index contributed by atoms with van der Waals surface area (Å²) in [6.07, 6.45) is 3.12. The van der Waals surface area contributed by atoms with Gasteiger partial charge in [-0.3, -0.25) is 14.6 Å². The molecule has 0 bridgehead atoms. The monoisotopic (exact) mass is 337 g/mol. The fourth-order valence-corrected chi connectivity index (χ4v) is 3.15. The van der Waals surface area contributed by atoms with Crippen LogP contribution in [0.15, 0.2) is 48.7 Å². The molecule has 0 saturated carbocycles. The van der Waals surface area contributed by atoms with Crippen molar-refractivity contribution in [2.75, 3.05) is 13.1 Å². The molecule has 1 aromatic heterocycles. The van der Waals surface area contributed by atoms with Gasteiger partial charge in [-0.15, -0.1) is 0 Å². The number of amides is 2. The van der Waals surface area contributed by atoms with Crippen LogP contribution in [0.5, 0.6) is 0 Å². The van der Waals surface area contributed by atoms with Crippen molar-refractivity contribution in [2.45, 2.75) is 26.3 Å².